The van der Waals surface area contributed by atoms with Crippen molar-refractivity contribution in [2.75, 3.05) is 38.6 Å². The third-order valence-corrected chi connectivity index (χ3v) is 7.10. The molecule has 1 aromatic carbocycles. The Morgan fingerprint density at radius 3 is 2.76 bits per heavy atom. The van der Waals surface area contributed by atoms with Gasteiger partial charge in [-0.1, -0.05) is 42.8 Å². The molecule has 1 fully saturated rings. The van der Waals surface area contributed by atoms with Crippen molar-refractivity contribution in [3.05, 3.63) is 54.4 Å². The summed E-state index contributed by atoms with van der Waals surface area (Å²) in [6.45, 7) is 5.16. The van der Waals surface area contributed by atoms with Gasteiger partial charge >= 0.3 is 0 Å². The number of unbranched alkanes of at least 4 members (excludes halogenated alkanes) is 1. The minimum atomic E-state index is -0.605. The Morgan fingerprint density at radius 1 is 1.18 bits per heavy atom. The Morgan fingerprint density at radius 2 is 2.00 bits per heavy atom. The van der Waals surface area contributed by atoms with Crippen LogP contribution in [0.25, 0.3) is 21.9 Å². The SMILES string of the molecule is NC(=O)C1(CCCCn2cnc3c(N)nc4ccccc4c32)C=CC(CN2CCOCC2)=CC1. The fraction of sp³-hybridized carbons (Fsp3) is 0.423. The van der Waals surface area contributed by atoms with Crippen LogP contribution in [-0.2, 0) is 16.1 Å². The van der Waals surface area contributed by atoms with E-state index in [4.69, 9.17) is 16.2 Å². The lowest BCUT2D eigenvalue weighted by atomic mass is 9.75. The molecule has 178 valence electrons. The molecule has 4 N–H and O–H groups in total. The van der Waals surface area contributed by atoms with Crippen LogP contribution >= 0.6 is 0 Å². The van der Waals surface area contributed by atoms with Gasteiger partial charge in [0.25, 0.3) is 0 Å². The summed E-state index contributed by atoms with van der Waals surface area (Å²) in [4.78, 5) is 23.8. The largest absolute Gasteiger partial charge is 0.382 e. The molecule has 8 heteroatoms. The van der Waals surface area contributed by atoms with E-state index in [9.17, 15) is 4.79 Å². The molecule has 8 nitrogen and oxygen atoms in total. The zero-order chi connectivity index (χ0) is 23.5. The first-order valence-electron chi connectivity index (χ1n) is 12.0. The number of aromatic nitrogens is 3. The number of nitrogens with two attached hydrogens (primary N) is 2. The number of para-hydroxylation sites is 1. The first kappa shape index (κ1) is 22.6. The number of benzene rings is 1. The summed E-state index contributed by atoms with van der Waals surface area (Å²) in [5.74, 6) is 0.204. The molecule has 34 heavy (non-hydrogen) atoms. The first-order valence-corrected chi connectivity index (χ1v) is 12.0. The molecule has 1 aliphatic heterocycles. The van der Waals surface area contributed by atoms with E-state index in [1.807, 2.05) is 30.6 Å². The van der Waals surface area contributed by atoms with Crippen molar-refractivity contribution in [1.82, 2.24) is 19.4 Å². The number of imidazole rings is 1. The van der Waals surface area contributed by atoms with Crippen molar-refractivity contribution < 1.29 is 9.53 Å². The van der Waals surface area contributed by atoms with Gasteiger partial charge in [-0.3, -0.25) is 9.69 Å². The molecule has 2 aliphatic rings. The standard InChI is InChI=1S/C26H32N6O2/c27-24-22-23(20-5-1-2-6-21(20)30-24)32(18-29-22)12-4-3-9-26(25(28)33)10-7-19(8-11-26)17-31-13-15-34-16-14-31/h1-2,5-8,10,18H,3-4,9,11-17H2,(H2,27,30)(H2,28,33). The summed E-state index contributed by atoms with van der Waals surface area (Å²) in [6, 6.07) is 7.99. The van der Waals surface area contributed by atoms with Crippen LogP contribution in [0.1, 0.15) is 25.7 Å². The molecule has 3 aromatic rings. The molecule has 3 heterocycles. The molecular weight excluding hydrogens is 428 g/mol. The predicted molar refractivity (Wildman–Crippen MR) is 134 cm³/mol. The van der Waals surface area contributed by atoms with Crippen LogP contribution in [0, 0.1) is 5.41 Å². The second-order valence-electron chi connectivity index (χ2n) is 9.33. The van der Waals surface area contributed by atoms with E-state index >= 15 is 0 Å². The van der Waals surface area contributed by atoms with E-state index in [1.165, 1.54) is 5.57 Å². The van der Waals surface area contributed by atoms with Crippen LogP contribution in [0.3, 0.4) is 0 Å². The number of ether oxygens (including phenoxy) is 1. The summed E-state index contributed by atoms with van der Waals surface area (Å²) < 4.78 is 7.57. The summed E-state index contributed by atoms with van der Waals surface area (Å²) in [5, 5.41) is 1.05. The number of primary amides is 1. The molecule has 1 aliphatic carbocycles. The highest BCUT2D eigenvalue weighted by Crippen LogP contribution is 2.35. The van der Waals surface area contributed by atoms with Gasteiger partial charge < -0.3 is 20.8 Å². The van der Waals surface area contributed by atoms with E-state index in [2.05, 4.69) is 37.7 Å². The van der Waals surface area contributed by atoms with Crippen LogP contribution in [0.5, 0.6) is 0 Å². The van der Waals surface area contributed by atoms with Crippen molar-refractivity contribution in [2.45, 2.75) is 32.2 Å². The monoisotopic (exact) mass is 460 g/mol. The molecule has 0 radical (unpaired) electrons. The molecular formula is C26H32N6O2. The average Bonchev–Trinajstić information content (AvgIpc) is 3.29. The van der Waals surface area contributed by atoms with Gasteiger partial charge in [0.1, 0.15) is 5.52 Å². The Balaban J connectivity index is 1.22. The number of morpholine rings is 1. The van der Waals surface area contributed by atoms with Gasteiger partial charge in [-0.2, -0.15) is 0 Å². The summed E-state index contributed by atoms with van der Waals surface area (Å²) >= 11 is 0. The lowest BCUT2D eigenvalue weighted by molar-refractivity contribution is -0.125. The predicted octanol–water partition coefficient (Wildman–Crippen LogP) is 3.03. The van der Waals surface area contributed by atoms with E-state index in [0.29, 0.717) is 12.2 Å². The molecule has 0 saturated carbocycles. The van der Waals surface area contributed by atoms with Crippen molar-refractivity contribution in [3.8, 4) is 0 Å². The summed E-state index contributed by atoms with van der Waals surface area (Å²) in [5.41, 5.74) is 15.3. The van der Waals surface area contributed by atoms with Crippen molar-refractivity contribution in [3.63, 3.8) is 0 Å². The number of anilines is 1. The zero-order valence-electron chi connectivity index (χ0n) is 19.4. The van der Waals surface area contributed by atoms with Gasteiger partial charge in [0.05, 0.1) is 36.0 Å². The maximum absolute atomic E-state index is 12.4. The third-order valence-electron chi connectivity index (χ3n) is 7.10. The van der Waals surface area contributed by atoms with Crippen LogP contribution in [-0.4, -0.2) is 58.2 Å². The first-order chi connectivity index (χ1) is 16.6. The van der Waals surface area contributed by atoms with Gasteiger partial charge in [0.2, 0.25) is 5.91 Å². The number of amides is 1. The molecule has 1 saturated heterocycles. The van der Waals surface area contributed by atoms with Gasteiger partial charge in [-0.25, -0.2) is 9.97 Å². The van der Waals surface area contributed by atoms with Crippen LogP contribution in [0.2, 0.25) is 0 Å². The number of fused-ring (bicyclic) bond motifs is 3. The number of aryl methyl sites for hydroxylation is 1. The number of carbonyl (C=O) groups excluding carboxylic acids is 1. The highest BCUT2D eigenvalue weighted by Gasteiger charge is 2.34. The number of hydrogen-bond donors (Lipinski definition) is 2. The molecule has 5 rings (SSSR count). The van der Waals surface area contributed by atoms with Gasteiger partial charge in [-0.15, -0.1) is 0 Å². The highest BCUT2D eigenvalue weighted by atomic mass is 16.5. The van der Waals surface area contributed by atoms with Gasteiger partial charge in [-0.05, 0) is 30.9 Å². The Labute approximate surface area is 199 Å². The van der Waals surface area contributed by atoms with Gasteiger partial charge in [0.15, 0.2) is 5.82 Å². The molecule has 1 amide bonds. The molecule has 0 spiro atoms. The van der Waals surface area contributed by atoms with Crippen molar-refractivity contribution in [1.29, 1.82) is 0 Å². The smallest absolute Gasteiger partial charge is 0.227 e. The Kier molecular flexibility index (Phi) is 6.34. The normalized spacial score (nSPS) is 21.2. The summed E-state index contributed by atoms with van der Waals surface area (Å²) in [7, 11) is 0. The number of carbonyl (C=O) groups is 1. The number of nitrogens with zero attached hydrogens (tertiary/aromatic N) is 4. The fourth-order valence-corrected chi connectivity index (χ4v) is 5.04. The van der Waals surface area contributed by atoms with E-state index in [0.717, 1.165) is 80.6 Å². The topological polar surface area (TPSA) is 112 Å². The number of pyridine rings is 1. The van der Waals surface area contributed by atoms with Gasteiger partial charge in [0, 0.05) is 31.6 Å². The van der Waals surface area contributed by atoms with E-state index in [1.54, 1.807) is 0 Å². The summed E-state index contributed by atoms with van der Waals surface area (Å²) in [6.07, 6.45) is 11.3. The Hall–Kier alpha value is -3.23. The second kappa shape index (κ2) is 9.56. The maximum Gasteiger partial charge on any atom is 0.227 e. The van der Waals surface area contributed by atoms with Crippen LogP contribution < -0.4 is 11.5 Å². The van der Waals surface area contributed by atoms with Crippen LogP contribution in [0.4, 0.5) is 5.82 Å². The van der Waals surface area contributed by atoms with Crippen molar-refractivity contribution in [2.24, 2.45) is 11.1 Å². The van der Waals surface area contributed by atoms with Crippen molar-refractivity contribution >= 4 is 33.7 Å². The van der Waals surface area contributed by atoms with E-state index in [-0.39, 0.29) is 5.91 Å². The number of allylic oxidation sites excluding steroid dienone is 1. The fourth-order valence-electron chi connectivity index (χ4n) is 5.04. The van der Waals surface area contributed by atoms with Crippen LogP contribution in [0.15, 0.2) is 54.4 Å². The molecule has 1 unspecified atom stereocenters. The minimum absolute atomic E-state index is 0.247. The molecule has 2 aromatic heterocycles. The lowest BCUT2D eigenvalue weighted by Gasteiger charge is -2.31. The highest BCUT2D eigenvalue weighted by molar-refractivity contribution is 6.06. The minimum Gasteiger partial charge on any atom is -0.382 e. The second-order valence-corrected chi connectivity index (χ2v) is 9.33. The Bertz CT molecular complexity index is 1260. The quantitative estimate of drug-likeness (QED) is 0.500. The number of rotatable bonds is 8. The average molecular weight is 461 g/mol. The maximum atomic E-state index is 12.4. The lowest BCUT2D eigenvalue weighted by Crippen LogP contribution is -2.39. The molecule has 0 bridgehead atoms. The third kappa shape index (κ3) is 4.43. The zero-order valence-corrected chi connectivity index (χ0v) is 19.4. The molecule has 1 atom stereocenters. The van der Waals surface area contributed by atoms with E-state index < -0.39 is 5.41 Å². The number of hydrogen-bond acceptors (Lipinski definition) is 6. The number of nitrogen functional groups attached to an aromatic ring is 1.